The number of fused-ring (bicyclic) bond motifs is 2. The lowest BCUT2D eigenvalue weighted by Crippen LogP contribution is -2.37. The third kappa shape index (κ3) is 5.79. The quantitative estimate of drug-likeness (QED) is 0.240. The third-order valence-electron chi connectivity index (χ3n) is 7.35. The van der Waals surface area contributed by atoms with Gasteiger partial charge in [-0.3, -0.25) is 4.79 Å². The van der Waals surface area contributed by atoms with Crippen LogP contribution in [0.4, 0.5) is 5.69 Å². The molecule has 0 saturated carbocycles. The van der Waals surface area contributed by atoms with E-state index in [9.17, 15) is 9.90 Å². The van der Waals surface area contributed by atoms with Crippen LogP contribution < -0.4 is 14.8 Å². The number of carbonyl (C=O) groups is 1. The monoisotopic (exact) mass is 572 g/mol. The van der Waals surface area contributed by atoms with Crippen molar-refractivity contribution in [1.82, 2.24) is 4.98 Å². The van der Waals surface area contributed by atoms with Gasteiger partial charge in [0, 0.05) is 36.3 Å². The maximum atomic E-state index is 13.5. The van der Waals surface area contributed by atoms with Gasteiger partial charge in [-0.05, 0) is 92.4 Å². The Hall–Kier alpha value is -3.92. The van der Waals surface area contributed by atoms with Crippen molar-refractivity contribution in [1.29, 1.82) is 0 Å². The topological polar surface area (TPSA) is 99.1 Å². The summed E-state index contributed by atoms with van der Waals surface area (Å²) in [5.74, 6) is 0.912. The van der Waals surface area contributed by atoms with E-state index in [-0.39, 0.29) is 36.9 Å². The summed E-state index contributed by atoms with van der Waals surface area (Å²) < 4.78 is 24.4. The third-order valence-corrected chi connectivity index (χ3v) is 8.42. The predicted octanol–water partition coefficient (Wildman–Crippen LogP) is 6.39. The minimum Gasteiger partial charge on any atom is -0.459 e. The number of hydrogen-bond acceptors (Lipinski definition) is 8. The van der Waals surface area contributed by atoms with Crippen molar-refractivity contribution in [2.45, 2.75) is 38.9 Å². The molecule has 0 spiro atoms. The number of nitrogens with zero attached hydrogens (tertiary/aromatic N) is 1. The normalized spacial score (nSPS) is 19.6. The fourth-order valence-corrected chi connectivity index (χ4v) is 6.38. The average molecular weight is 573 g/mol. The van der Waals surface area contributed by atoms with Crippen LogP contribution in [0.5, 0.6) is 11.5 Å². The van der Waals surface area contributed by atoms with Gasteiger partial charge >= 0.3 is 0 Å². The van der Waals surface area contributed by atoms with E-state index in [1.807, 2.05) is 61.5 Å². The molecule has 0 aliphatic carbocycles. The Morgan fingerprint density at radius 2 is 1.93 bits per heavy atom. The second-order valence-corrected chi connectivity index (χ2v) is 11.2. The smallest absolute Gasteiger partial charge is 0.290 e. The van der Waals surface area contributed by atoms with Gasteiger partial charge in [0.1, 0.15) is 5.01 Å². The first kappa shape index (κ1) is 27.3. The molecule has 3 atom stereocenters. The molecule has 4 aromatic rings. The second-order valence-electron chi connectivity index (χ2n) is 10.2. The lowest BCUT2D eigenvalue weighted by Gasteiger charge is -2.37. The Morgan fingerprint density at radius 1 is 1.10 bits per heavy atom. The summed E-state index contributed by atoms with van der Waals surface area (Å²) in [6.07, 6.45) is 2.47. The zero-order chi connectivity index (χ0) is 28.3. The highest BCUT2D eigenvalue weighted by molar-refractivity contribution is 7.21. The van der Waals surface area contributed by atoms with Crippen molar-refractivity contribution >= 4 is 33.1 Å². The Bertz CT molecular complexity index is 1580. The van der Waals surface area contributed by atoms with Gasteiger partial charge in [-0.2, -0.15) is 0 Å². The van der Waals surface area contributed by atoms with E-state index < -0.39 is 6.29 Å². The summed E-state index contributed by atoms with van der Waals surface area (Å²) in [5, 5.41) is 13.4. The van der Waals surface area contributed by atoms with Gasteiger partial charge in [-0.15, -0.1) is 11.3 Å². The number of benzene rings is 3. The molecule has 8 nitrogen and oxygen atoms in total. The molecule has 1 aromatic heterocycles. The maximum Gasteiger partial charge on any atom is 0.290 e. The molecule has 0 fully saturated rings. The first-order valence-electron chi connectivity index (χ1n) is 13.8. The standard InChI is InChI=1S/C32H32N2O6S/c1-3-37-32-23(5-4-14-35)24(21-9-13-26-27(16-21)39-18-38-26)17-28(40-32)30(36)33-22-10-7-20(8-11-22)31-34-25-12-6-19(2)15-29(25)41-31/h6-13,15-17,23-24,32,35H,3-5,14,18H2,1-2H3,(H,33,36). The lowest BCUT2D eigenvalue weighted by molar-refractivity contribution is -0.165. The molecular formula is C32H32N2O6S. The van der Waals surface area contributed by atoms with E-state index in [0.29, 0.717) is 36.6 Å². The highest BCUT2D eigenvalue weighted by Crippen LogP contribution is 2.43. The zero-order valence-electron chi connectivity index (χ0n) is 23.0. The lowest BCUT2D eigenvalue weighted by atomic mass is 9.80. The van der Waals surface area contributed by atoms with E-state index in [4.69, 9.17) is 23.9 Å². The van der Waals surface area contributed by atoms with Crippen LogP contribution in [0.1, 0.15) is 36.8 Å². The molecule has 0 bridgehead atoms. The van der Waals surface area contributed by atoms with Gasteiger partial charge < -0.3 is 29.4 Å². The molecule has 2 N–H and O–H groups in total. The van der Waals surface area contributed by atoms with Gasteiger partial charge in [-0.25, -0.2) is 4.98 Å². The second kappa shape index (κ2) is 11.9. The first-order valence-corrected chi connectivity index (χ1v) is 14.6. The Balaban J connectivity index is 1.24. The summed E-state index contributed by atoms with van der Waals surface area (Å²) in [5.41, 5.74) is 4.78. The molecule has 3 unspecified atom stereocenters. The van der Waals surface area contributed by atoms with Crippen molar-refractivity contribution < 1.29 is 28.8 Å². The molecule has 2 aliphatic rings. The predicted molar refractivity (Wildman–Crippen MR) is 158 cm³/mol. The fourth-order valence-electron chi connectivity index (χ4n) is 5.31. The van der Waals surface area contributed by atoms with Gasteiger partial charge in [-0.1, -0.05) is 12.1 Å². The Kier molecular flexibility index (Phi) is 7.91. The minimum atomic E-state index is -0.641. The Labute approximate surface area is 242 Å². The summed E-state index contributed by atoms with van der Waals surface area (Å²) in [4.78, 5) is 18.2. The molecule has 1 amide bonds. The van der Waals surface area contributed by atoms with Gasteiger partial charge in [0.2, 0.25) is 13.1 Å². The number of nitrogens with one attached hydrogen (secondary N) is 1. The van der Waals surface area contributed by atoms with E-state index >= 15 is 0 Å². The first-order chi connectivity index (χ1) is 20.0. The molecule has 9 heteroatoms. The largest absolute Gasteiger partial charge is 0.459 e. The van der Waals surface area contributed by atoms with Gasteiger partial charge in [0.25, 0.3) is 5.91 Å². The number of anilines is 1. The average Bonchev–Trinajstić information content (AvgIpc) is 3.63. The molecule has 0 saturated heterocycles. The van der Waals surface area contributed by atoms with Crippen LogP contribution in [-0.2, 0) is 14.3 Å². The summed E-state index contributed by atoms with van der Waals surface area (Å²) in [6, 6.07) is 19.7. The summed E-state index contributed by atoms with van der Waals surface area (Å²) >= 11 is 1.65. The number of aromatic nitrogens is 1. The molecule has 3 heterocycles. The number of aryl methyl sites for hydroxylation is 1. The number of carbonyl (C=O) groups excluding carboxylic acids is 1. The van der Waals surface area contributed by atoms with E-state index in [0.717, 1.165) is 26.4 Å². The molecule has 6 rings (SSSR count). The minimum absolute atomic E-state index is 0.0624. The number of rotatable bonds is 9. The highest BCUT2D eigenvalue weighted by Gasteiger charge is 2.38. The van der Waals surface area contributed by atoms with Crippen LogP contribution >= 0.6 is 11.3 Å². The van der Waals surface area contributed by atoms with Crippen molar-refractivity contribution in [2.24, 2.45) is 5.92 Å². The molecule has 41 heavy (non-hydrogen) atoms. The van der Waals surface area contributed by atoms with Crippen LogP contribution in [0.2, 0.25) is 0 Å². The zero-order valence-corrected chi connectivity index (χ0v) is 23.8. The molecule has 2 aliphatic heterocycles. The van der Waals surface area contributed by atoms with E-state index in [1.165, 1.54) is 5.56 Å². The van der Waals surface area contributed by atoms with Crippen LogP contribution in [0.15, 0.2) is 72.5 Å². The van der Waals surface area contributed by atoms with Crippen molar-refractivity contribution in [3.63, 3.8) is 0 Å². The van der Waals surface area contributed by atoms with Crippen LogP contribution in [0, 0.1) is 12.8 Å². The van der Waals surface area contributed by atoms with Gasteiger partial charge in [0.15, 0.2) is 17.3 Å². The van der Waals surface area contributed by atoms with Crippen LogP contribution in [0.3, 0.4) is 0 Å². The van der Waals surface area contributed by atoms with Gasteiger partial charge in [0.05, 0.1) is 10.2 Å². The number of aliphatic hydroxyl groups excluding tert-OH is 1. The fraction of sp³-hybridized carbons (Fsp3) is 0.312. The van der Waals surface area contributed by atoms with Crippen LogP contribution in [-0.4, -0.2) is 42.3 Å². The number of ether oxygens (including phenoxy) is 4. The summed E-state index contributed by atoms with van der Waals surface area (Å²) in [6.45, 7) is 4.64. The number of amides is 1. The number of aliphatic hydroxyl groups is 1. The van der Waals surface area contributed by atoms with Crippen LogP contribution in [0.25, 0.3) is 20.8 Å². The highest BCUT2D eigenvalue weighted by atomic mass is 32.1. The van der Waals surface area contributed by atoms with Crippen molar-refractivity contribution in [2.75, 3.05) is 25.3 Å². The number of thiazole rings is 1. The SMILES string of the molecule is CCOC1OC(C(=O)Nc2ccc(-c3nc4ccc(C)cc4s3)cc2)=CC(c2ccc3c(c2)OCO3)C1CCCO. The van der Waals surface area contributed by atoms with Crippen molar-refractivity contribution in [3.05, 3.63) is 83.6 Å². The van der Waals surface area contributed by atoms with Crippen molar-refractivity contribution in [3.8, 4) is 22.1 Å². The molecule has 0 radical (unpaired) electrons. The number of allylic oxidation sites excluding steroid dienone is 1. The molecule has 3 aromatic carbocycles. The Morgan fingerprint density at radius 3 is 2.73 bits per heavy atom. The van der Waals surface area contributed by atoms with E-state index in [2.05, 4.69) is 24.4 Å². The summed E-state index contributed by atoms with van der Waals surface area (Å²) in [7, 11) is 0. The van der Waals surface area contributed by atoms with E-state index in [1.54, 1.807) is 11.3 Å². The maximum absolute atomic E-state index is 13.5. The number of hydrogen-bond donors (Lipinski definition) is 2. The molecule has 212 valence electrons. The molecular weight excluding hydrogens is 540 g/mol.